The number of unbranched alkanes of at least 4 members (excludes halogenated alkanes) is 2. The number of carbonyl (C=O) groups excluding carboxylic acids is 1. The number of hydrogen-bond donors (Lipinski definition) is 2. The smallest absolute Gasteiger partial charge is 0.224 e. The Hall–Kier alpha value is -2.21. The van der Waals surface area contributed by atoms with Gasteiger partial charge in [-0.15, -0.1) is 0 Å². The van der Waals surface area contributed by atoms with Crippen LogP contribution in [0.15, 0.2) is 30.7 Å². The van der Waals surface area contributed by atoms with Crippen LogP contribution in [0.3, 0.4) is 0 Å². The van der Waals surface area contributed by atoms with Gasteiger partial charge in [-0.05, 0) is 38.4 Å². The number of anilines is 1. The topological polar surface area (TPSA) is 85.8 Å². The average Bonchev–Trinajstić information content (AvgIpc) is 2.90. The summed E-state index contributed by atoms with van der Waals surface area (Å²) in [6, 6.07) is 3.65. The van der Waals surface area contributed by atoms with Crippen LogP contribution in [0, 0.1) is 6.92 Å². The molecule has 2 rings (SSSR count). The Bertz CT molecular complexity index is 593. The number of hydrogen-bond acceptors (Lipinski definition) is 4. The third-order valence-corrected chi connectivity index (χ3v) is 3.22. The van der Waals surface area contributed by atoms with E-state index in [9.17, 15) is 4.79 Å². The quantitative estimate of drug-likeness (QED) is 0.763. The van der Waals surface area contributed by atoms with Crippen molar-refractivity contribution in [2.24, 2.45) is 5.73 Å². The standard InChI is InChI=1S/C15H21N5O/c1-12-17-10-11-20(12)15-13(6-5-9-18-15)19-14(21)7-3-2-4-8-16/h5-6,9-11H,2-4,7-8,16H2,1H3,(H,19,21). The van der Waals surface area contributed by atoms with Crippen LogP contribution >= 0.6 is 0 Å². The molecule has 0 aliphatic carbocycles. The summed E-state index contributed by atoms with van der Waals surface area (Å²) in [6.07, 6.45) is 8.52. The van der Waals surface area contributed by atoms with Gasteiger partial charge < -0.3 is 11.1 Å². The van der Waals surface area contributed by atoms with Gasteiger partial charge in [0.1, 0.15) is 5.82 Å². The van der Waals surface area contributed by atoms with Crippen molar-refractivity contribution in [3.05, 3.63) is 36.5 Å². The maximum Gasteiger partial charge on any atom is 0.224 e. The van der Waals surface area contributed by atoms with Gasteiger partial charge >= 0.3 is 0 Å². The van der Waals surface area contributed by atoms with E-state index in [-0.39, 0.29) is 5.91 Å². The summed E-state index contributed by atoms with van der Waals surface area (Å²) in [5.41, 5.74) is 6.14. The molecule has 6 nitrogen and oxygen atoms in total. The molecule has 0 radical (unpaired) electrons. The lowest BCUT2D eigenvalue weighted by atomic mass is 10.2. The first kappa shape index (κ1) is 15.2. The average molecular weight is 287 g/mol. The van der Waals surface area contributed by atoms with Gasteiger partial charge in [0.15, 0.2) is 5.82 Å². The lowest BCUT2D eigenvalue weighted by molar-refractivity contribution is -0.116. The van der Waals surface area contributed by atoms with E-state index in [0.29, 0.717) is 24.5 Å². The zero-order chi connectivity index (χ0) is 15.1. The van der Waals surface area contributed by atoms with Crippen molar-refractivity contribution < 1.29 is 4.79 Å². The van der Waals surface area contributed by atoms with E-state index in [1.54, 1.807) is 18.5 Å². The Morgan fingerprint density at radius 3 is 2.86 bits per heavy atom. The number of pyridine rings is 1. The molecule has 2 heterocycles. The van der Waals surface area contributed by atoms with E-state index >= 15 is 0 Å². The van der Waals surface area contributed by atoms with Gasteiger partial charge in [-0.25, -0.2) is 9.97 Å². The number of aryl methyl sites for hydroxylation is 1. The van der Waals surface area contributed by atoms with Gasteiger partial charge in [-0.2, -0.15) is 0 Å². The Balaban J connectivity index is 2.04. The molecule has 6 heteroatoms. The number of carbonyl (C=O) groups is 1. The van der Waals surface area contributed by atoms with Crippen molar-refractivity contribution in [2.75, 3.05) is 11.9 Å². The summed E-state index contributed by atoms with van der Waals surface area (Å²) >= 11 is 0. The highest BCUT2D eigenvalue weighted by Gasteiger charge is 2.10. The van der Waals surface area contributed by atoms with Gasteiger partial charge in [0, 0.05) is 25.0 Å². The fourth-order valence-electron chi connectivity index (χ4n) is 2.11. The number of amides is 1. The molecule has 0 aromatic carbocycles. The van der Waals surface area contributed by atoms with Crippen LogP contribution in [0.1, 0.15) is 31.5 Å². The lowest BCUT2D eigenvalue weighted by Crippen LogP contribution is -2.14. The number of aromatic nitrogens is 3. The summed E-state index contributed by atoms with van der Waals surface area (Å²) in [5, 5.41) is 2.92. The molecule has 0 spiro atoms. The third-order valence-electron chi connectivity index (χ3n) is 3.22. The van der Waals surface area contributed by atoms with Crippen molar-refractivity contribution in [3.8, 4) is 5.82 Å². The molecule has 21 heavy (non-hydrogen) atoms. The maximum absolute atomic E-state index is 12.0. The minimum Gasteiger partial charge on any atom is -0.330 e. The summed E-state index contributed by atoms with van der Waals surface area (Å²) in [5.74, 6) is 1.51. The Morgan fingerprint density at radius 2 is 2.14 bits per heavy atom. The molecular weight excluding hydrogens is 266 g/mol. The zero-order valence-electron chi connectivity index (χ0n) is 12.2. The molecule has 0 saturated carbocycles. The van der Waals surface area contributed by atoms with Crippen molar-refractivity contribution >= 4 is 11.6 Å². The van der Waals surface area contributed by atoms with Crippen molar-refractivity contribution in [3.63, 3.8) is 0 Å². The number of nitrogens with zero attached hydrogens (tertiary/aromatic N) is 3. The molecule has 0 bridgehead atoms. The molecule has 2 aromatic rings. The highest BCUT2D eigenvalue weighted by Crippen LogP contribution is 2.18. The van der Waals surface area contributed by atoms with Crippen molar-refractivity contribution in [1.29, 1.82) is 0 Å². The molecule has 112 valence electrons. The van der Waals surface area contributed by atoms with E-state index in [4.69, 9.17) is 5.73 Å². The summed E-state index contributed by atoms with van der Waals surface area (Å²) < 4.78 is 1.85. The van der Waals surface area contributed by atoms with Crippen LogP contribution in [-0.4, -0.2) is 27.0 Å². The number of nitrogens with one attached hydrogen (secondary N) is 1. The van der Waals surface area contributed by atoms with Crippen molar-refractivity contribution in [2.45, 2.75) is 32.6 Å². The van der Waals surface area contributed by atoms with Crippen LogP contribution in [0.2, 0.25) is 0 Å². The second-order valence-corrected chi connectivity index (χ2v) is 4.87. The second-order valence-electron chi connectivity index (χ2n) is 4.87. The number of nitrogens with two attached hydrogens (primary N) is 1. The van der Waals surface area contributed by atoms with E-state index < -0.39 is 0 Å². The third kappa shape index (κ3) is 4.13. The van der Waals surface area contributed by atoms with Gasteiger partial charge in [0.25, 0.3) is 0 Å². The Labute approximate surface area is 124 Å². The highest BCUT2D eigenvalue weighted by molar-refractivity contribution is 5.92. The molecule has 0 aliphatic heterocycles. The minimum atomic E-state index is -0.000889. The van der Waals surface area contributed by atoms with E-state index in [1.165, 1.54) is 0 Å². The first-order valence-electron chi connectivity index (χ1n) is 7.17. The number of imidazole rings is 1. The fourth-order valence-corrected chi connectivity index (χ4v) is 2.11. The van der Waals surface area contributed by atoms with E-state index in [0.717, 1.165) is 25.1 Å². The predicted octanol–water partition coefficient (Wildman–Crippen LogP) is 2.03. The van der Waals surface area contributed by atoms with Crippen LogP contribution in [0.5, 0.6) is 0 Å². The molecular formula is C15H21N5O. The molecule has 3 N–H and O–H groups in total. The minimum absolute atomic E-state index is 0.000889. The molecule has 0 aliphatic rings. The van der Waals surface area contributed by atoms with Gasteiger partial charge in [0.05, 0.1) is 5.69 Å². The first-order chi connectivity index (χ1) is 10.2. The SMILES string of the molecule is Cc1nccn1-c1ncccc1NC(=O)CCCCCN. The van der Waals surface area contributed by atoms with Gasteiger partial charge in [-0.1, -0.05) is 6.42 Å². The van der Waals surface area contributed by atoms with Crippen LogP contribution < -0.4 is 11.1 Å². The number of rotatable bonds is 7. The van der Waals surface area contributed by atoms with Crippen molar-refractivity contribution in [1.82, 2.24) is 14.5 Å². The Kier molecular flexibility index (Phi) is 5.45. The van der Waals surface area contributed by atoms with Crippen LogP contribution in [-0.2, 0) is 4.79 Å². The lowest BCUT2D eigenvalue weighted by Gasteiger charge is -2.11. The summed E-state index contributed by atoms with van der Waals surface area (Å²) in [4.78, 5) is 20.5. The second kappa shape index (κ2) is 7.54. The highest BCUT2D eigenvalue weighted by atomic mass is 16.1. The molecule has 0 unspecified atom stereocenters. The molecule has 0 saturated heterocycles. The van der Waals surface area contributed by atoms with E-state index in [1.807, 2.05) is 23.8 Å². The predicted molar refractivity (Wildman–Crippen MR) is 82.2 cm³/mol. The Morgan fingerprint density at radius 1 is 1.29 bits per heavy atom. The van der Waals surface area contributed by atoms with Crippen LogP contribution in [0.4, 0.5) is 5.69 Å². The van der Waals surface area contributed by atoms with Crippen LogP contribution in [0.25, 0.3) is 5.82 Å². The zero-order valence-corrected chi connectivity index (χ0v) is 12.2. The largest absolute Gasteiger partial charge is 0.330 e. The first-order valence-corrected chi connectivity index (χ1v) is 7.17. The van der Waals surface area contributed by atoms with Gasteiger partial charge in [-0.3, -0.25) is 9.36 Å². The normalized spacial score (nSPS) is 10.6. The maximum atomic E-state index is 12.0. The monoisotopic (exact) mass is 287 g/mol. The summed E-state index contributed by atoms with van der Waals surface area (Å²) in [6.45, 7) is 2.57. The molecule has 0 atom stereocenters. The molecule has 1 amide bonds. The summed E-state index contributed by atoms with van der Waals surface area (Å²) in [7, 11) is 0. The fraction of sp³-hybridized carbons (Fsp3) is 0.400. The van der Waals surface area contributed by atoms with Gasteiger partial charge in [0.2, 0.25) is 5.91 Å². The molecule has 2 aromatic heterocycles. The molecule has 0 fully saturated rings. The van der Waals surface area contributed by atoms with E-state index in [2.05, 4.69) is 15.3 Å².